The fraction of sp³-hybridized carbons (Fsp3) is 0.538. The van der Waals surface area contributed by atoms with Crippen molar-refractivity contribution in [3.8, 4) is 5.75 Å². The lowest BCUT2D eigenvalue weighted by Crippen LogP contribution is -2.28. The lowest BCUT2D eigenvalue weighted by Gasteiger charge is -2.21. The molecule has 4 heteroatoms. The number of thioether (sulfide) groups is 1. The fourth-order valence-electron chi connectivity index (χ4n) is 1.78. The Kier molecular flexibility index (Phi) is 3.91. The third-order valence-corrected chi connectivity index (χ3v) is 4.28. The molecule has 1 aromatic carbocycles. The third kappa shape index (κ3) is 3.30. The first-order valence-electron chi connectivity index (χ1n) is 5.80. The van der Waals surface area contributed by atoms with E-state index in [-0.39, 0.29) is 5.54 Å². The molecule has 1 aromatic rings. The van der Waals surface area contributed by atoms with Gasteiger partial charge in [0.25, 0.3) is 0 Å². The van der Waals surface area contributed by atoms with E-state index in [0.717, 1.165) is 23.5 Å². The molecule has 0 aromatic heterocycles. The van der Waals surface area contributed by atoms with Gasteiger partial charge in [0.15, 0.2) is 0 Å². The molecular weight excluding hydrogens is 254 g/mol. The van der Waals surface area contributed by atoms with Crippen molar-refractivity contribution in [2.24, 2.45) is 5.73 Å². The molecule has 0 aliphatic carbocycles. The summed E-state index contributed by atoms with van der Waals surface area (Å²) in [5.41, 5.74) is 6.69. The van der Waals surface area contributed by atoms with E-state index in [1.54, 1.807) is 0 Å². The molecule has 2 N–H and O–H groups in total. The summed E-state index contributed by atoms with van der Waals surface area (Å²) in [5.74, 6) is 3.00. The van der Waals surface area contributed by atoms with Crippen LogP contribution in [0.1, 0.15) is 25.8 Å². The van der Waals surface area contributed by atoms with Crippen molar-refractivity contribution in [2.45, 2.75) is 31.9 Å². The molecular formula is C13H18ClNOS. The SMILES string of the molecule is CC(C)(N)c1ccc(OC2CCSC2)c(Cl)c1. The second kappa shape index (κ2) is 5.09. The van der Waals surface area contributed by atoms with Crippen LogP contribution in [0.15, 0.2) is 18.2 Å². The van der Waals surface area contributed by atoms with Crippen molar-refractivity contribution in [3.05, 3.63) is 28.8 Å². The molecule has 1 saturated heterocycles. The topological polar surface area (TPSA) is 35.2 Å². The second-order valence-electron chi connectivity index (χ2n) is 4.97. The van der Waals surface area contributed by atoms with Crippen molar-refractivity contribution in [1.82, 2.24) is 0 Å². The van der Waals surface area contributed by atoms with Crippen LogP contribution in [0.2, 0.25) is 5.02 Å². The number of nitrogens with two attached hydrogens (primary N) is 1. The molecule has 1 heterocycles. The molecule has 0 radical (unpaired) electrons. The first kappa shape index (κ1) is 13.1. The smallest absolute Gasteiger partial charge is 0.138 e. The molecule has 0 bridgehead atoms. The maximum absolute atomic E-state index is 6.23. The van der Waals surface area contributed by atoms with Crippen LogP contribution in [0.25, 0.3) is 0 Å². The Hall–Kier alpha value is -0.380. The van der Waals surface area contributed by atoms with Gasteiger partial charge in [-0.2, -0.15) is 11.8 Å². The summed E-state index contributed by atoms with van der Waals surface area (Å²) in [5, 5.41) is 0.651. The molecule has 1 aliphatic rings. The number of rotatable bonds is 3. The van der Waals surface area contributed by atoms with Crippen molar-refractivity contribution in [2.75, 3.05) is 11.5 Å². The molecule has 2 nitrogen and oxygen atoms in total. The monoisotopic (exact) mass is 271 g/mol. The third-order valence-electron chi connectivity index (χ3n) is 2.86. The largest absolute Gasteiger partial charge is 0.488 e. The van der Waals surface area contributed by atoms with Crippen LogP contribution in [0.4, 0.5) is 0 Å². The van der Waals surface area contributed by atoms with E-state index in [2.05, 4.69) is 0 Å². The second-order valence-corrected chi connectivity index (χ2v) is 6.53. The summed E-state index contributed by atoms with van der Waals surface area (Å²) < 4.78 is 5.88. The normalized spacial score (nSPS) is 20.6. The summed E-state index contributed by atoms with van der Waals surface area (Å²) in [6.07, 6.45) is 1.40. The van der Waals surface area contributed by atoms with Gasteiger partial charge in [0.05, 0.1) is 5.02 Å². The zero-order valence-corrected chi connectivity index (χ0v) is 11.8. The molecule has 0 spiro atoms. The lowest BCUT2D eigenvalue weighted by molar-refractivity contribution is 0.229. The van der Waals surface area contributed by atoms with E-state index < -0.39 is 0 Å². The maximum Gasteiger partial charge on any atom is 0.138 e. The van der Waals surface area contributed by atoms with Gasteiger partial charge < -0.3 is 10.5 Å². The van der Waals surface area contributed by atoms with Crippen LogP contribution >= 0.6 is 23.4 Å². The minimum atomic E-state index is -0.370. The first-order chi connectivity index (χ1) is 7.97. The fourth-order valence-corrected chi connectivity index (χ4v) is 3.10. The number of halogens is 1. The maximum atomic E-state index is 6.23. The van der Waals surface area contributed by atoms with Crippen molar-refractivity contribution >= 4 is 23.4 Å². The molecule has 2 rings (SSSR count). The van der Waals surface area contributed by atoms with E-state index in [0.29, 0.717) is 11.1 Å². The van der Waals surface area contributed by atoms with E-state index in [9.17, 15) is 0 Å². The summed E-state index contributed by atoms with van der Waals surface area (Å²) in [6, 6.07) is 5.82. The summed E-state index contributed by atoms with van der Waals surface area (Å²) in [4.78, 5) is 0. The van der Waals surface area contributed by atoms with Crippen LogP contribution in [-0.2, 0) is 5.54 Å². The van der Waals surface area contributed by atoms with Crippen molar-refractivity contribution in [1.29, 1.82) is 0 Å². The molecule has 1 unspecified atom stereocenters. The Bertz CT molecular complexity index is 397. The lowest BCUT2D eigenvalue weighted by atomic mass is 9.96. The predicted octanol–water partition coefficient (Wildman–Crippen LogP) is 3.42. The molecule has 94 valence electrons. The van der Waals surface area contributed by atoms with Gasteiger partial charge in [-0.1, -0.05) is 17.7 Å². The average Bonchev–Trinajstić information content (AvgIpc) is 2.72. The summed E-state index contributed by atoms with van der Waals surface area (Å²) in [6.45, 7) is 3.93. The number of hydrogen-bond donors (Lipinski definition) is 1. The highest BCUT2D eigenvalue weighted by Gasteiger charge is 2.20. The molecule has 0 amide bonds. The number of benzene rings is 1. The van der Waals surface area contributed by atoms with Crippen LogP contribution in [-0.4, -0.2) is 17.6 Å². The quantitative estimate of drug-likeness (QED) is 0.915. The Labute approximate surface area is 112 Å². The Balaban J connectivity index is 2.14. The highest BCUT2D eigenvalue weighted by molar-refractivity contribution is 7.99. The van der Waals surface area contributed by atoms with Crippen molar-refractivity contribution < 1.29 is 4.74 Å². The number of ether oxygens (including phenoxy) is 1. The van der Waals surface area contributed by atoms with Gasteiger partial charge in [-0.15, -0.1) is 0 Å². The molecule has 0 saturated carbocycles. The van der Waals surface area contributed by atoms with Crippen LogP contribution in [0, 0.1) is 0 Å². The standard InChI is InChI=1S/C13H18ClNOS/c1-13(2,15)9-3-4-12(11(14)7-9)16-10-5-6-17-8-10/h3-4,7,10H,5-6,8,15H2,1-2H3. The molecule has 17 heavy (non-hydrogen) atoms. The van der Waals surface area contributed by atoms with Gasteiger partial charge >= 0.3 is 0 Å². The number of hydrogen-bond acceptors (Lipinski definition) is 3. The van der Waals surface area contributed by atoms with Gasteiger partial charge in [0.2, 0.25) is 0 Å². The van der Waals surface area contributed by atoms with Gasteiger partial charge in [-0.25, -0.2) is 0 Å². The summed E-state index contributed by atoms with van der Waals surface area (Å²) in [7, 11) is 0. The minimum absolute atomic E-state index is 0.300. The molecule has 1 atom stereocenters. The zero-order valence-electron chi connectivity index (χ0n) is 10.2. The van der Waals surface area contributed by atoms with Gasteiger partial charge in [-0.3, -0.25) is 0 Å². The van der Waals surface area contributed by atoms with Gasteiger partial charge in [0.1, 0.15) is 11.9 Å². The van der Waals surface area contributed by atoms with E-state index in [4.69, 9.17) is 22.1 Å². The Morgan fingerprint density at radius 3 is 2.76 bits per heavy atom. The highest BCUT2D eigenvalue weighted by Crippen LogP contribution is 2.32. The van der Waals surface area contributed by atoms with Gasteiger partial charge in [0, 0.05) is 11.3 Å². The van der Waals surface area contributed by atoms with E-state index >= 15 is 0 Å². The van der Waals surface area contributed by atoms with Crippen LogP contribution in [0.5, 0.6) is 5.75 Å². The van der Waals surface area contributed by atoms with Gasteiger partial charge in [-0.05, 0) is 43.7 Å². The highest BCUT2D eigenvalue weighted by atomic mass is 35.5. The molecule has 1 fully saturated rings. The van der Waals surface area contributed by atoms with Crippen LogP contribution < -0.4 is 10.5 Å². The Morgan fingerprint density at radius 2 is 2.24 bits per heavy atom. The Morgan fingerprint density at radius 1 is 1.47 bits per heavy atom. The summed E-state index contributed by atoms with van der Waals surface area (Å²) >= 11 is 8.15. The van der Waals surface area contributed by atoms with Crippen molar-refractivity contribution in [3.63, 3.8) is 0 Å². The predicted molar refractivity (Wildman–Crippen MR) is 75.0 cm³/mol. The van der Waals surface area contributed by atoms with Crippen LogP contribution in [0.3, 0.4) is 0 Å². The first-order valence-corrected chi connectivity index (χ1v) is 7.33. The van der Waals surface area contributed by atoms with E-state index in [1.165, 1.54) is 5.75 Å². The minimum Gasteiger partial charge on any atom is -0.488 e. The average molecular weight is 272 g/mol. The van der Waals surface area contributed by atoms with E-state index in [1.807, 2.05) is 43.8 Å². The molecule has 1 aliphatic heterocycles. The zero-order chi connectivity index (χ0) is 12.5.